The van der Waals surface area contributed by atoms with Crippen LogP contribution in [0.2, 0.25) is 0 Å². The SMILES string of the molecule is N#Cc1ccc2nc(-c3cc(-c4cn[nH]c4C4CCNCC4)cnc3N)sc2c1. The highest BCUT2D eigenvalue weighted by Crippen LogP contribution is 2.37. The number of anilines is 1. The second-order valence-electron chi connectivity index (χ2n) is 7.19. The van der Waals surface area contributed by atoms with Crippen LogP contribution in [-0.4, -0.2) is 33.3 Å². The van der Waals surface area contributed by atoms with Crippen molar-refractivity contribution in [2.24, 2.45) is 0 Å². The third-order valence-electron chi connectivity index (χ3n) is 5.39. The Morgan fingerprint density at radius 3 is 2.83 bits per heavy atom. The highest BCUT2D eigenvalue weighted by molar-refractivity contribution is 7.21. The number of nitrogens with two attached hydrogens (primary N) is 1. The largest absolute Gasteiger partial charge is 0.383 e. The van der Waals surface area contributed by atoms with Crippen molar-refractivity contribution >= 4 is 27.4 Å². The van der Waals surface area contributed by atoms with Gasteiger partial charge in [-0.1, -0.05) is 0 Å². The van der Waals surface area contributed by atoms with Crippen molar-refractivity contribution in [1.82, 2.24) is 25.5 Å². The van der Waals surface area contributed by atoms with E-state index >= 15 is 0 Å². The minimum atomic E-state index is 0.445. The summed E-state index contributed by atoms with van der Waals surface area (Å²) < 4.78 is 0.961. The monoisotopic (exact) mass is 401 g/mol. The van der Waals surface area contributed by atoms with Gasteiger partial charge in [-0.15, -0.1) is 11.3 Å². The molecule has 7 nitrogen and oxygen atoms in total. The number of nitrogens with one attached hydrogen (secondary N) is 2. The van der Waals surface area contributed by atoms with Gasteiger partial charge in [-0.2, -0.15) is 10.4 Å². The second kappa shape index (κ2) is 7.28. The molecule has 0 amide bonds. The van der Waals surface area contributed by atoms with E-state index in [4.69, 9.17) is 16.0 Å². The number of thiazole rings is 1. The Hall–Kier alpha value is -3.28. The normalized spacial score (nSPS) is 14.9. The highest BCUT2D eigenvalue weighted by Gasteiger charge is 2.22. The topological polar surface area (TPSA) is 116 Å². The molecule has 1 saturated heterocycles. The van der Waals surface area contributed by atoms with E-state index in [0.717, 1.165) is 63.5 Å². The molecular weight excluding hydrogens is 382 g/mol. The number of rotatable bonds is 3. The van der Waals surface area contributed by atoms with Gasteiger partial charge < -0.3 is 11.1 Å². The van der Waals surface area contributed by atoms with Gasteiger partial charge in [0.15, 0.2) is 0 Å². The number of nitrogen functional groups attached to an aromatic ring is 1. The molecule has 1 aromatic carbocycles. The molecule has 0 bridgehead atoms. The maximum Gasteiger partial charge on any atom is 0.133 e. The highest BCUT2D eigenvalue weighted by atomic mass is 32.1. The maximum absolute atomic E-state index is 9.13. The molecule has 0 saturated carbocycles. The van der Waals surface area contributed by atoms with Crippen LogP contribution >= 0.6 is 11.3 Å². The third kappa shape index (κ3) is 3.24. The molecule has 0 spiro atoms. The maximum atomic E-state index is 9.13. The first kappa shape index (κ1) is 17.8. The Kier molecular flexibility index (Phi) is 4.46. The zero-order chi connectivity index (χ0) is 19.8. The van der Waals surface area contributed by atoms with Crippen molar-refractivity contribution in [2.45, 2.75) is 18.8 Å². The van der Waals surface area contributed by atoms with Crippen LogP contribution in [0.5, 0.6) is 0 Å². The van der Waals surface area contributed by atoms with Gasteiger partial charge in [-0.05, 0) is 50.2 Å². The van der Waals surface area contributed by atoms with Crippen LogP contribution in [0.25, 0.3) is 31.9 Å². The Labute approximate surface area is 171 Å². The number of nitrogens with zero attached hydrogens (tertiary/aromatic N) is 4. The third-order valence-corrected chi connectivity index (χ3v) is 6.45. The van der Waals surface area contributed by atoms with Crippen LogP contribution < -0.4 is 11.1 Å². The molecule has 5 rings (SSSR count). The van der Waals surface area contributed by atoms with Crippen LogP contribution in [0.15, 0.2) is 36.7 Å². The van der Waals surface area contributed by atoms with Crippen LogP contribution in [0.1, 0.15) is 30.0 Å². The molecule has 0 atom stereocenters. The molecule has 0 unspecified atom stereocenters. The molecule has 29 heavy (non-hydrogen) atoms. The number of aromatic nitrogens is 4. The first-order chi connectivity index (χ1) is 14.2. The Balaban J connectivity index is 1.57. The lowest BCUT2D eigenvalue weighted by Gasteiger charge is -2.22. The molecule has 4 aromatic rings. The predicted molar refractivity (Wildman–Crippen MR) is 114 cm³/mol. The van der Waals surface area contributed by atoms with Gasteiger partial charge in [0.2, 0.25) is 0 Å². The van der Waals surface area contributed by atoms with Crippen LogP contribution in [0, 0.1) is 11.3 Å². The number of H-pyrrole nitrogens is 1. The van der Waals surface area contributed by atoms with Crippen molar-refractivity contribution < 1.29 is 0 Å². The molecule has 3 aromatic heterocycles. The summed E-state index contributed by atoms with van der Waals surface area (Å²) in [5.41, 5.74) is 11.7. The molecule has 1 fully saturated rings. The fraction of sp³-hybridized carbons (Fsp3) is 0.238. The quantitative estimate of drug-likeness (QED) is 0.482. The van der Waals surface area contributed by atoms with E-state index in [-0.39, 0.29) is 0 Å². The summed E-state index contributed by atoms with van der Waals surface area (Å²) in [6.45, 7) is 2.04. The number of nitriles is 1. The van der Waals surface area contributed by atoms with E-state index in [1.165, 1.54) is 11.3 Å². The number of hydrogen-bond donors (Lipinski definition) is 3. The van der Waals surface area contributed by atoms with E-state index in [1.54, 1.807) is 12.3 Å². The summed E-state index contributed by atoms with van der Waals surface area (Å²) in [5, 5.41) is 20.8. The molecule has 8 heteroatoms. The molecule has 4 heterocycles. The number of fused-ring (bicyclic) bond motifs is 1. The first-order valence-corrected chi connectivity index (χ1v) is 10.4. The first-order valence-electron chi connectivity index (χ1n) is 9.54. The lowest BCUT2D eigenvalue weighted by molar-refractivity contribution is 0.453. The van der Waals surface area contributed by atoms with Crippen LogP contribution in [0.4, 0.5) is 5.82 Å². The summed E-state index contributed by atoms with van der Waals surface area (Å²) >= 11 is 1.52. The van der Waals surface area contributed by atoms with Crippen LogP contribution in [0.3, 0.4) is 0 Å². The fourth-order valence-corrected chi connectivity index (χ4v) is 4.88. The molecule has 4 N–H and O–H groups in total. The standard InChI is InChI=1S/C21H19N7S/c22-9-12-1-2-17-18(7-12)29-21(27-17)15-8-14(10-25-20(15)23)16-11-26-28-19(16)13-3-5-24-6-4-13/h1-2,7-8,10-11,13,24H,3-6H2,(H2,23,25)(H,26,28). The van der Waals surface area contributed by atoms with Crippen molar-refractivity contribution in [1.29, 1.82) is 5.26 Å². The lowest BCUT2D eigenvalue weighted by Crippen LogP contribution is -2.27. The van der Waals surface area contributed by atoms with Gasteiger partial charge in [0.05, 0.1) is 33.6 Å². The average Bonchev–Trinajstić information content (AvgIpc) is 3.41. The van der Waals surface area contributed by atoms with Gasteiger partial charge in [-0.3, -0.25) is 5.10 Å². The zero-order valence-corrected chi connectivity index (χ0v) is 16.5. The Morgan fingerprint density at radius 2 is 2.00 bits per heavy atom. The number of benzene rings is 1. The zero-order valence-electron chi connectivity index (χ0n) is 15.6. The Bertz CT molecular complexity index is 1230. The number of hydrogen-bond acceptors (Lipinski definition) is 7. The lowest BCUT2D eigenvalue weighted by atomic mass is 9.90. The fourth-order valence-electron chi connectivity index (χ4n) is 3.85. The Morgan fingerprint density at radius 1 is 1.14 bits per heavy atom. The summed E-state index contributed by atoms with van der Waals surface area (Å²) in [5.74, 6) is 0.904. The minimum absolute atomic E-state index is 0.445. The van der Waals surface area contributed by atoms with Crippen molar-refractivity contribution in [3.63, 3.8) is 0 Å². The molecule has 1 aliphatic heterocycles. The van der Waals surface area contributed by atoms with Gasteiger partial charge in [0, 0.05) is 28.9 Å². The summed E-state index contributed by atoms with van der Waals surface area (Å²) in [6, 6.07) is 9.72. The molecule has 0 radical (unpaired) electrons. The van der Waals surface area contributed by atoms with Gasteiger partial charge in [0.25, 0.3) is 0 Å². The van der Waals surface area contributed by atoms with Gasteiger partial charge in [0.1, 0.15) is 10.8 Å². The van der Waals surface area contributed by atoms with E-state index in [0.29, 0.717) is 17.3 Å². The molecule has 0 aliphatic carbocycles. The smallest absolute Gasteiger partial charge is 0.133 e. The van der Waals surface area contributed by atoms with Crippen molar-refractivity contribution in [3.8, 4) is 27.8 Å². The van der Waals surface area contributed by atoms with E-state index in [1.807, 2.05) is 24.4 Å². The van der Waals surface area contributed by atoms with Crippen LogP contribution in [-0.2, 0) is 0 Å². The molecule has 1 aliphatic rings. The van der Waals surface area contributed by atoms with Crippen molar-refractivity contribution in [2.75, 3.05) is 18.8 Å². The number of pyridine rings is 1. The number of piperidine rings is 1. The van der Waals surface area contributed by atoms with Gasteiger partial charge in [-0.25, -0.2) is 9.97 Å². The summed E-state index contributed by atoms with van der Waals surface area (Å²) in [4.78, 5) is 9.15. The molecular formula is C21H19N7S. The van der Waals surface area contributed by atoms with Gasteiger partial charge >= 0.3 is 0 Å². The van der Waals surface area contributed by atoms with E-state index in [2.05, 4.69) is 26.6 Å². The van der Waals surface area contributed by atoms with E-state index in [9.17, 15) is 0 Å². The second-order valence-corrected chi connectivity index (χ2v) is 8.22. The molecule has 144 valence electrons. The average molecular weight is 401 g/mol. The number of aromatic amines is 1. The minimum Gasteiger partial charge on any atom is -0.383 e. The summed E-state index contributed by atoms with van der Waals surface area (Å²) in [6.07, 6.45) is 5.84. The predicted octanol–water partition coefficient (Wildman–Crippen LogP) is 3.67. The van der Waals surface area contributed by atoms with Crippen molar-refractivity contribution in [3.05, 3.63) is 47.9 Å². The summed E-state index contributed by atoms with van der Waals surface area (Å²) in [7, 11) is 0. The van der Waals surface area contributed by atoms with E-state index < -0.39 is 0 Å².